The lowest BCUT2D eigenvalue weighted by atomic mass is 9.99. The summed E-state index contributed by atoms with van der Waals surface area (Å²) in [5.41, 5.74) is 5.56. The summed E-state index contributed by atoms with van der Waals surface area (Å²) < 4.78 is 0. The number of benzene rings is 3. The van der Waals surface area contributed by atoms with Crippen molar-refractivity contribution in [2.24, 2.45) is 4.99 Å². The zero-order valence-corrected chi connectivity index (χ0v) is 21.9. The highest BCUT2D eigenvalue weighted by molar-refractivity contribution is 7.80. The number of hydrogen-bond donors (Lipinski definition) is 1. The highest BCUT2D eigenvalue weighted by Gasteiger charge is 2.32. The lowest BCUT2D eigenvalue weighted by molar-refractivity contribution is -0.119. The normalized spacial score (nSPS) is 17.9. The van der Waals surface area contributed by atoms with Crippen LogP contribution in [0.3, 0.4) is 0 Å². The Balaban J connectivity index is 1.40. The molecule has 8 heteroatoms. The van der Waals surface area contributed by atoms with Crippen LogP contribution in [0.15, 0.2) is 77.8 Å². The number of halogens is 1. The minimum absolute atomic E-state index is 0.175. The van der Waals surface area contributed by atoms with E-state index in [1.165, 1.54) is 5.69 Å². The molecule has 0 radical (unpaired) electrons. The second-order valence-electron chi connectivity index (χ2n) is 9.06. The number of fused-ring (bicyclic) bond motifs is 1. The van der Waals surface area contributed by atoms with E-state index in [1.807, 2.05) is 49.4 Å². The molecule has 1 unspecified atom stereocenters. The number of aryl methyl sites for hydroxylation is 1. The third-order valence-corrected chi connectivity index (χ3v) is 7.28. The summed E-state index contributed by atoms with van der Waals surface area (Å²) in [6.07, 6.45) is -0.850. The average Bonchev–Trinajstić information content (AvgIpc) is 3.00. The molecule has 2 aliphatic heterocycles. The molecular weight excluding hydrogens is 490 g/mol. The summed E-state index contributed by atoms with van der Waals surface area (Å²) in [6.45, 7) is 5.28. The van der Waals surface area contributed by atoms with Gasteiger partial charge in [-0.05, 0) is 49.5 Å². The van der Waals surface area contributed by atoms with Crippen LogP contribution in [0.4, 0.5) is 11.4 Å². The highest BCUT2D eigenvalue weighted by atomic mass is 35.5. The number of para-hydroxylation sites is 1. The van der Waals surface area contributed by atoms with Gasteiger partial charge >= 0.3 is 0 Å². The van der Waals surface area contributed by atoms with Gasteiger partial charge in [0.2, 0.25) is 6.17 Å². The van der Waals surface area contributed by atoms with Gasteiger partial charge in [0.25, 0.3) is 5.91 Å². The first-order chi connectivity index (χ1) is 17.4. The molecule has 1 amide bonds. The molecule has 2 aliphatic rings. The van der Waals surface area contributed by atoms with E-state index in [0.29, 0.717) is 15.8 Å². The largest absolute Gasteiger partial charge is 0.368 e. The number of anilines is 2. The fourth-order valence-electron chi connectivity index (χ4n) is 4.60. The standard InChI is InChI=1S/C28H28ClN5OS/c1-19-8-10-20(11-9-19)25-23-18-21(29)12-13-24(23)32(2)27(35)26(30-25)31-28(36)34-16-14-33(15-17-34)22-6-4-3-5-7-22/h3-13,18,26H,14-17H2,1-2H3,(H,31,36). The van der Waals surface area contributed by atoms with Gasteiger partial charge in [-0.2, -0.15) is 0 Å². The molecule has 0 spiro atoms. The molecule has 0 aromatic heterocycles. The molecule has 0 saturated carbocycles. The van der Waals surface area contributed by atoms with Gasteiger partial charge in [-0.3, -0.25) is 4.79 Å². The number of nitrogens with one attached hydrogen (secondary N) is 1. The molecular formula is C28H28ClN5OS. The molecule has 0 bridgehead atoms. The number of likely N-dealkylation sites (N-methyl/N-ethyl adjacent to an activating group) is 1. The molecule has 3 aromatic rings. The van der Waals surface area contributed by atoms with E-state index in [2.05, 4.69) is 39.4 Å². The maximum absolute atomic E-state index is 13.5. The molecule has 1 N–H and O–H groups in total. The quantitative estimate of drug-likeness (QED) is 0.519. The number of rotatable bonds is 3. The number of carbonyl (C=O) groups is 1. The van der Waals surface area contributed by atoms with Crippen molar-refractivity contribution in [3.8, 4) is 0 Å². The second-order valence-corrected chi connectivity index (χ2v) is 9.89. The Kier molecular flexibility index (Phi) is 6.94. The van der Waals surface area contributed by atoms with E-state index < -0.39 is 6.17 Å². The van der Waals surface area contributed by atoms with Crippen molar-refractivity contribution >= 4 is 51.9 Å². The van der Waals surface area contributed by atoms with Gasteiger partial charge in [-0.25, -0.2) is 4.99 Å². The fourth-order valence-corrected chi connectivity index (χ4v) is 5.06. The Morgan fingerprint density at radius 1 is 1.00 bits per heavy atom. The van der Waals surface area contributed by atoms with Crippen molar-refractivity contribution in [1.82, 2.24) is 10.2 Å². The fraction of sp³-hybridized carbons (Fsp3) is 0.250. The smallest absolute Gasteiger partial charge is 0.272 e. The highest BCUT2D eigenvalue weighted by Crippen LogP contribution is 2.30. The minimum atomic E-state index is -0.850. The van der Waals surface area contributed by atoms with Crippen molar-refractivity contribution in [1.29, 1.82) is 0 Å². The van der Waals surface area contributed by atoms with Gasteiger partial charge in [0.1, 0.15) is 0 Å². The van der Waals surface area contributed by atoms with E-state index in [1.54, 1.807) is 18.0 Å². The first kappa shape index (κ1) is 24.3. The Morgan fingerprint density at radius 3 is 2.39 bits per heavy atom. The van der Waals surface area contributed by atoms with Gasteiger partial charge in [0.15, 0.2) is 5.11 Å². The molecule has 1 fully saturated rings. The van der Waals surface area contributed by atoms with Crippen LogP contribution in [0.5, 0.6) is 0 Å². The number of piperazine rings is 1. The Morgan fingerprint density at radius 2 is 1.69 bits per heavy atom. The first-order valence-corrected chi connectivity index (χ1v) is 12.8. The van der Waals surface area contributed by atoms with E-state index in [4.69, 9.17) is 28.8 Å². The van der Waals surface area contributed by atoms with Crippen molar-refractivity contribution in [3.63, 3.8) is 0 Å². The van der Waals surface area contributed by atoms with Crippen LogP contribution in [0.25, 0.3) is 0 Å². The predicted molar refractivity (Wildman–Crippen MR) is 151 cm³/mol. The van der Waals surface area contributed by atoms with Crippen LogP contribution >= 0.6 is 23.8 Å². The van der Waals surface area contributed by atoms with Crippen LogP contribution in [0.1, 0.15) is 16.7 Å². The van der Waals surface area contributed by atoms with Gasteiger partial charge in [0, 0.05) is 55.1 Å². The summed E-state index contributed by atoms with van der Waals surface area (Å²) in [6, 6.07) is 24.0. The molecule has 1 atom stereocenters. The first-order valence-electron chi connectivity index (χ1n) is 12.0. The minimum Gasteiger partial charge on any atom is -0.368 e. The van der Waals surface area contributed by atoms with E-state index >= 15 is 0 Å². The monoisotopic (exact) mass is 517 g/mol. The number of nitrogens with zero attached hydrogens (tertiary/aromatic N) is 4. The second kappa shape index (κ2) is 10.3. The molecule has 0 aliphatic carbocycles. The van der Waals surface area contributed by atoms with Gasteiger partial charge < -0.3 is 20.0 Å². The van der Waals surface area contributed by atoms with E-state index in [9.17, 15) is 4.79 Å². The number of hydrogen-bond acceptors (Lipinski definition) is 4. The summed E-state index contributed by atoms with van der Waals surface area (Å²) in [5.74, 6) is -0.175. The third-order valence-electron chi connectivity index (χ3n) is 6.67. The van der Waals surface area contributed by atoms with Gasteiger partial charge in [0.05, 0.1) is 11.4 Å². The lowest BCUT2D eigenvalue weighted by Crippen LogP contribution is -2.55. The van der Waals surface area contributed by atoms with Crippen molar-refractivity contribution in [2.75, 3.05) is 43.0 Å². The summed E-state index contributed by atoms with van der Waals surface area (Å²) in [5, 5.41) is 4.37. The maximum atomic E-state index is 13.5. The summed E-state index contributed by atoms with van der Waals surface area (Å²) in [4.78, 5) is 24.5. The maximum Gasteiger partial charge on any atom is 0.272 e. The topological polar surface area (TPSA) is 51.2 Å². The molecule has 6 nitrogen and oxygen atoms in total. The third kappa shape index (κ3) is 4.94. The average molecular weight is 518 g/mol. The number of thiocarbonyl (C=S) groups is 1. The zero-order valence-electron chi connectivity index (χ0n) is 20.3. The van der Waals surface area contributed by atoms with Crippen LogP contribution in [0, 0.1) is 6.92 Å². The number of amides is 1. The number of aliphatic imine (C=N–C) groups is 1. The molecule has 1 saturated heterocycles. The van der Waals surface area contributed by atoms with Crippen LogP contribution < -0.4 is 15.1 Å². The summed E-state index contributed by atoms with van der Waals surface area (Å²) >= 11 is 12.1. The van der Waals surface area contributed by atoms with Crippen molar-refractivity contribution in [2.45, 2.75) is 13.1 Å². The van der Waals surface area contributed by atoms with Gasteiger partial charge in [-0.15, -0.1) is 0 Å². The Hall–Kier alpha value is -3.42. The van der Waals surface area contributed by atoms with Gasteiger partial charge in [-0.1, -0.05) is 59.6 Å². The van der Waals surface area contributed by atoms with Crippen LogP contribution in [0.2, 0.25) is 5.02 Å². The Labute approximate surface area is 222 Å². The van der Waals surface area contributed by atoms with E-state index in [-0.39, 0.29) is 5.91 Å². The van der Waals surface area contributed by atoms with Crippen molar-refractivity contribution < 1.29 is 4.79 Å². The van der Waals surface area contributed by atoms with Crippen LogP contribution in [-0.4, -0.2) is 61.0 Å². The molecule has 3 aromatic carbocycles. The SMILES string of the molecule is Cc1ccc(C2=NC(NC(=S)N3CCN(c4ccccc4)CC3)C(=O)N(C)c3ccc(Cl)cc32)cc1. The number of carbonyl (C=O) groups excluding carboxylic acids is 1. The van der Waals surface area contributed by atoms with Crippen LogP contribution in [-0.2, 0) is 4.79 Å². The lowest BCUT2D eigenvalue weighted by Gasteiger charge is -2.38. The predicted octanol–water partition coefficient (Wildman–Crippen LogP) is 4.49. The van der Waals surface area contributed by atoms with Crippen molar-refractivity contribution in [3.05, 3.63) is 94.5 Å². The number of benzodiazepines with no additional fused rings is 1. The molecule has 184 valence electrons. The van der Waals surface area contributed by atoms with E-state index in [0.717, 1.165) is 48.6 Å². The summed E-state index contributed by atoms with van der Waals surface area (Å²) in [7, 11) is 1.76. The molecule has 2 heterocycles. The molecule has 5 rings (SSSR count). The zero-order chi connectivity index (χ0) is 25.2. The molecule has 36 heavy (non-hydrogen) atoms. The Bertz CT molecular complexity index is 1300.